The van der Waals surface area contributed by atoms with Crippen LogP contribution in [0.25, 0.3) is 10.9 Å². The van der Waals surface area contributed by atoms with Gasteiger partial charge in [-0.1, -0.05) is 12.1 Å². The molecule has 0 fully saturated rings. The number of carbonyl (C=O) groups excluding carboxylic acids is 3. The number of aromatic nitrogens is 3. The Balaban J connectivity index is 1.78. The molecule has 0 unspecified atom stereocenters. The smallest absolute Gasteiger partial charge is 0.360 e. The number of hydrogen-bond acceptors (Lipinski definition) is 6. The SMILES string of the molecule is COC(=O)c1cn(C)nc1C(=O)OCC(=O)c1c[nH]c2cccc(C)c12. The molecule has 3 rings (SSSR count). The van der Waals surface area contributed by atoms with E-state index in [9.17, 15) is 14.4 Å². The molecular weight excluding hydrogens is 338 g/mol. The Morgan fingerprint density at radius 2 is 1.96 bits per heavy atom. The highest BCUT2D eigenvalue weighted by atomic mass is 16.5. The number of aromatic amines is 1. The minimum absolute atomic E-state index is 0.0182. The van der Waals surface area contributed by atoms with Gasteiger partial charge in [0.2, 0.25) is 5.78 Å². The molecule has 0 aliphatic carbocycles. The van der Waals surface area contributed by atoms with Gasteiger partial charge in [0.15, 0.2) is 12.3 Å². The van der Waals surface area contributed by atoms with Crippen molar-refractivity contribution in [2.45, 2.75) is 6.92 Å². The van der Waals surface area contributed by atoms with Crippen molar-refractivity contribution in [3.05, 3.63) is 53.0 Å². The fraction of sp³-hybridized carbons (Fsp3) is 0.222. The molecule has 3 aromatic rings. The number of ketones is 1. The van der Waals surface area contributed by atoms with Crippen molar-refractivity contribution in [2.75, 3.05) is 13.7 Å². The number of ether oxygens (including phenoxy) is 2. The van der Waals surface area contributed by atoms with E-state index < -0.39 is 18.5 Å². The second kappa shape index (κ2) is 6.83. The zero-order valence-corrected chi connectivity index (χ0v) is 14.5. The van der Waals surface area contributed by atoms with Gasteiger partial charge in [-0.25, -0.2) is 9.59 Å². The van der Waals surface area contributed by atoms with Gasteiger partial charge in [0.1, 0.15) is 5.56 Å². The van der Waals surface area contributed by atoms with E-state index >= 15 is 0 Å². The summed E-state index contributed by atoms with van der Waals surface area (Å²) in [5.74, 6) is -1.92. The van der Waals surface area contributed by atoms with E-state index in [1.54, 1.807) is 13.2 Å². The average molecular weight is 355 g/mol. The van der Waals surface area contributed by atoms with Gasteiger partial charge in [-0.05, 0) is 18.6 Å². The first-order chi connectivity index (χ1) is 12.4. The zero-order valence-electron chi connectivity index (χ0n) is 14.5. The maximum absolute atomic E-state index is 12.5. The summed E-state index contributed by atoms with van der Waals surface area (Å²) in [6.07, 6.45) is 2.95. The molecule has 1 aromatic carbocycles. The molecular formula is C18H17N3O5. The topological polar surface area (TPSA) is 103 Å². The van der Waals surface area contributed by atoms with Gasteiger partial charge in [-0.3, -0.25) is 9.48 Å². The van der Waals surface area contributed by atoms with Crippen LogP contribution in [0.1, 0.15) is 36.8 Å². The Morgan fingerprint density at radius 1 is 1.19 bits per heavy atom. The zero-order chi connectivity index (χ0) is 18.8. The van der Waals surface area contributed by atoms with E-state index in [0.29, 0.717) is 5.56 Å². The number of hydrogen-bond donors (Lipinski definition) is 1. The van der Waals surface area contributed by atoms with E-state index in [-0.39, 0.29) is 17.0 Å². The maximum Gasteiger partial charge on any atom is 0.360 e. The minimum atomic E-state index is -0.865. The van der Waals surface area contributed by atoms with E-state index in [1.165, 1.54) is 18.0 Å². The molecule has 0 radical (unpaired) electrons. The molecule has 0 saturated heterocycles. The summed E-state index contributed by atoms with van der Waals surface area (Å²) < 4.78 is 11.0. The molecule has 26 heavy (non-hydrogen) atoms. The van der Waals surface area contributed by atoms with E-state index in [0.717, 1.165) is 16.5 Å². The van der Waals surface area contributed by atoms with Crippen molar-refractivity contribution >= 4 is 28.6 Å². The monoisotopic (exact) mass is 355 g/mol. The molecule has 8 nitrogen and oxygen atoms in total. The van der Waals surface area contributed by atoms with Gasteiger partial charge in [0.25, 0.3) is 0 Å². The lowest BCUT2D eigenvalue weighted by molar-refractivity contribution is 0.0458. The number of nitrogens with one attached hydrogen (secondary N) is 1. The molecule has 2 heterocycles. The van der Waals surface area contributed by atoms with Gasteiger partial charge < -0.3 is 14.5 Å². The summed E-state index contributed by atoms with van der Waals surface area (Å²) in [7, 11) is 2.76. The Kier molecular flexibility index (Phi) is 4.57. The maximum atomic E-state index is 12.5. The number of carbonyl (C=O) groups is 3. The molecule has 0 bridgehead atoms. The number of esters is 2. The summed E-state index contributed by atoms with van der Waals surface area (Å²) >= 11 is 0. The fourth-order valence-electron chi connectivity index (χ4n) is 2.76. The molecule has 8 heteroatoms. The number of benzene rings is 1. The Labute approximate surface area is 148 Å². The first-order valence-electron chi connectivity index (χ1n) is 7.81. The van der Waals surface area contributed by atoms with Crippen molar-refractivity contribution in [2.24, 2.45) is 7.05 Å². The molecule has 134 valence electrons. The summed E-state index contributed by atoms with van der Waals surface area (Å²) in [6, 6.07) is 5.65. The summed E-state index contributed by atoms with van der Waals surface area (Å²) in [6.45, 7) is 1.44. The van der Waals surface area contributed by atoms with E-state index in [2.05, 4.69) is 14.8 Å². The van der Waals surface area contributed by atoms with Gasteiger partial charge in [0.05, 0.1) is 7.11 Å². The largest absolute Gasteiger partial charge is 0.465 e. The van der Waals surface area contributed by atoms with Crippen LogP contribution in [-0.2, 0) is 16.5 Å². The highest BCUT2D eigenvalue weighted by molar-refractivity contribution is 6.10. The summed E-state index contributed by atoms with van der Waals surface area (Å²) in [4.78, 5) is 39.4. The average Bonchev–Trinajstić information content (AvgIpc) is 3.23. The predicted molar refractivity (Wildman–Crippen MR) is 92.2 cm³/mol. The lowest BCUT2D eigenvalue weighted by Crippen LogP contribution is -2.17. The van der Waals surface area contributed by atoms with Crippen molar-refractivity contribution < 1.29 is 23.9 Å². The molecule has 0 spiro atoms. The second-order valence-corrected chi connectivity index (χ2v) is 5.76. The Hall–Kier alpha value is -3.42. The van der Waals surface area contributed by atoms with Crippen molar-refractivity contribution in [3.63, 3.8) is 0 Å². The summed E-state index contributed by atoms with van der Waals surface area (Å²) in [5.41, 5.74) is 2.01. The van der Waals surface area contributed by atoms with Crippen molar-refractivity contribution in [1.29, 1.82) is 0 Å². The number of rotatable bonds is 5. The van der Waals surface area contributed by atoms with E-state index in [1.807, 2.05) is 25.1 Å². The van der Waals surface area contributed by atoms with Crippen molar-refractivity contribution in [1.82, 2.24) is 14.8 Å². The van der Waals surface area contributed by atoms with Gasteiger partial charge in [0, 0.05) is 35.9 Å². The highest BCUT2D eigenvalue weighted by Crippen LogP contribution is 2.22. The number of nitrogens with zero attached hydrogens (tertiary/aromatic N) is 2. The number of aryl methyl sites for hydroxylation is 2. The fourth-order valence-corrected chi connectivity index (χ4v) is 2.76. The van der Waals surface area contributed by atoms with Crippen LogP contribution in [0.2, 0.25) is 0 Å². The lowest BCUT2D eigenvalue weighted by Gasteiger charge is -2.04. The van der Waals surface area contributed by atoms with Gasteiger partial charge in [-0.2, -0.15) is 5.10 Å². The molecule has 1 N–H and O–H groups in total. The first kappa shape index (κ1) is 17.4. The molecule has 0 aliphatic heterocycles. The predicted octanol–water partition coefficient (Wildman–Crippen LogP) is 2.04. The minimum Gasteiger partial charge on any atom is -0.465 e. The van der Waals surface area contributed by atoms with Crippen LogP contribution in [0.3, 0.4) is 0 Å². The Bertz CT molecular complexity index is 1020. The van der Waals surface area contributed by atoms with Crippen LogP contribution in [0.5, 0.6) is 0 Å². The first-order valence-corrected chi connectivity index (χ1v) is 7.81. The Morgan fingerprint density at radius 3 is 2.69 bits per heavy atom. The van der Waals surface area contributed by atoms with Gasteiger partial charge >= 0.3 is 11.9 Å². The van der Waals surface area contributed by atoms with E-state index in [4.69, 9.17) is 4.74 Å². The van der Waals surface area contributed by atoms with Crippen LogP contribution in [0, 0.1) is 6.92 Å². The number of methoxy groups -OCH3 is 1. The third-order valence-corrected chi connectivity index (χ3v) is 3.98. The summed E-state index contributed by atoms with van der Waals surface area (Å²) in [5, 5.41) is 4.70. The molecule has 0 atom stereocenters. The lowest BCUT2D eigenvalue weighted by atomic mass is 10.1. The van der Waals surface area contributed by atoms with Crippen LogP contribution in [-0.4, -0.2) is 46.2 Å². The highest BCUT2D eigenvalue weighted by Gasteiger charge is 2.24. The third-order valence-electron chi connectivity index (χ3n) is 3.98. The molecule has 0 amide bonds. The molecule has 2 aromatic heterocycles. The van der Waals surface area contributed by atoms with Crippen LogP contribution < -0.4 is 0 Å². The number of H-pyrrole nitrogens is 1. The van der Waals surface area contributed by atoms with Crippen LogP contribution in [0.4, 0.5) is 0 Å². The quantitative estimate of drug-likeness (QED) is 0.555. The number of fused-ring (bicyclic) bond motifs is 1. The third kappa shape index (κ3) is 3.08. The molecule has 0 aliphatic rings. The normalized spacial score (nSPS) is 10.7. The molecule has 0 saturated carbocycles. The van der Waals surface area contributed by atoms with Crippen LogP contribution >= 0.6 is 0 Å². The van der Waals surface area contributed by atoms with Gasteiger partial charge in [-0.15, -0.1) is 0 Å². The second-order valence-electron chi connectivity index (χ2n) is 5.76. The van der Waals surface area contributed by atoms with Crippen molar-refractivity contribution in [3.8, 4) is 0 Å². The number of Topliss-reactive ketones (excluding diaryl/α,β-unsaturated/α-hetero) is 1. The standard InChI is InChI=1S/C18H17N3O5/c1-10-5-4-6-13-15(10)11(7-19-13)14(22)9-26-18(24)16-12(17(23)25-3)8-21(2)20-16/h4-8,19H,9H2,1-3H3. The van der Waals surface area contributed by atoms with Crippen LogP contribution in [0.15, 0.2) is 30.6 Å².